The van der Waals surface area contributed by atoms with Gasteiger partial charge >= 0.3 is 6.09 Å². The molecule has 5 heterocycles. The van der Waals surface area contributed by atoms with Gasteiger partial charge in [0.25, 0.3) is 5.91 Å². The molecule has 0 fully saturated rings. The van der Waals surface area contributed by atoms with Crippen molar-refractivity contribution >= 4 is 17.8 Å². The molecule has 0 radical (unpaired) electrons. The molecule has 2 aliphatic rings. The summed E-state index contributed by atoms with van der Waals surface area (Å²) < 4.78 is 7.16. The van der Waals surface area contributed by atoms with Crippen LogP contribution in [-0.2, 0) is 30.7 Å². The Morgan fingerprint density at radius 3 is 2.94 bits per heavy atom. The molecule has 32 heavy (non-hydrogen) atoms. The highest BCUT2D eigenvalue weighted by molar-refractivity contribution is 6.02. The number of aromatic nitrogens is 5. The van der Waals surface area contributed by atoms with Crippen LogP contribution in [0.5, 0.6) is 0 Å². The Labute approximate surface area is 184 Å². The molecule has 0 atom stereocenters. The van der Waals surface area contributed by atoms with Gasteiger partial charge in [-0.2, -0.15) is 0 Å². The van der Waals surface area contributed by atoms with E-state index in [2.05, 4.69) is 30.0 Å². The van der Waals surface area contributed by atoms with Gasteiger partial charge in [0, 0.05) is 32.3 Å². The lowest BCUT2D eigenvalue weighted by atomic mass is 10.0. The fourth-order valence-corrected chi connectivity index (χ4v) is 4.08. The fourth-order valence-electron chi connectivity index (χ4n) is 4.08. The zero-order valence-electron chi connectivity index (χ0n) is 17.7. The molecule has 3 aromatic heterocycles. The first-order valence-electron chi connectivity index (χ1n) is 10.7. The van der Waals surface area contributed by atoms with Crippen LogP contribution in [0.25, 0.3) is 11.5 Å². The summed E-state index contributed by atoms with van der Waals surface area (Å²) in [6.45, 7) is 3.94. The lowest BCUT2D eigenvalue weighted by Crippen LogP contribution is -2.36. The Morgan fingerprint density at radius 2 is 2.06 bits per heavy atom. The number of amides is 2. The van der Waals surface area contributed by atoms with E-state index in [0.717, 1.165) is 36.3 Å². The molecule has 0 bridgehead atoms. The number of rotatable bonds is 4. The zero-order valence-corrected chi connectivity index (χ0v) is 17.7. The number of pyridine rings is 2. The maximum absolute atomic E-state index is 12.9. The number of nitrogens with zero attached hydrogens (tertiary/aromatic N) is 6. The molecule has 0 aliphatic carbocycles. The number of ether oxygens (including phenoxy) is 1. The number of hydrogen-bond acceptors (Lipinski definition) is 7. The van der Waals surface area contributed by atoms with Gasteiger partial charge in [0.05, 0.1) is 6.61 Å². The van der Waals surface area contributed by atoms with E-state index < -0.39 is 0 Å². The third-order valence-electron chi connectivity index (χ3n) is 5.68. The molecule has 0 aromatic carbocycles. The Kier molecular flexibility index (Phi) is 5.26. The van der Waals surface area contributed by atoms with E-state index >= 15 is 0 Å². The van der Waals surface area contributed by atoms with Gasteiger partial charge in [0.15, 0.2) is 5.82 Å². The van der Waals surface area contributed by atoms with Crippen LogP contribution in [0.15, 0.2) is 30.5 Å². The second kappa shape index (κ2) is 8.37. The van der Waals surface area contributed by atoms with Gasteiger partial charge in [-0.05, 0) is 49.1 Å². The second-order valence-corrected chi connectivity index (χ2v) is 7.77. The fraction of sp³-hybridized carbons (Fsp3) is 0.364. The van der Waals surface area contributed by atoms with Crippen molar-refractivity contribution in [3.8, 4) is 11.5 Å². The summed E-state index contributed by atoms with van der Waals surface area (Å²) in [5.74, 6) is 1.72. The first-order chi connectivity index (χ1) is 15.6. The molecule has 3 aromatic rings. The van der Waals surface area contributed by atoms with Crippen LogP contribution in [0.1, 0.15) is 40.8 Å². The standard InChI is InChI=1S/C22H23N7O3/c1-2-32-22(31)28-10-8-14-12-23-17(11-15(14)13-28)21(30)25-18-6-3-5-16(24-18)20-27-26-19-7-4-9-29(19)20/h3,5-6,11-12H,2,4,7-10,13H2,1H3,(H,24,25,30). The second-order valence-electron chi connectivity index (χ2n) is 7.77. The third-order valence-corrected chi connectivity index (χ3v) is 5.68. The van der Waals surface area contributed by atoms with Crippen LogP contribution in [0.4, 0.5) is 10.6 Å². The molecular formula is C22H23N7O3. The van der Waals surface area contributed by atoms with Crippen LogP contribution in [-0.4, -0.2) is 54.8 Å². The van der Waals surface area contributed by atoms with E-state index in [4.69, 9.17) is 4.74 Å². The summed E-state index contributed by atoms with van der Waals surface area (Å²) in [4.78, 5) is 35.4. The molecule has 0 spiro atoms. The van der Waals surface area contributed by atoms with E-state index in [1.165, 1.54) is 0 Å². The van der Waals surface area contributed by atoms with Crippen LogP contribution in [0.2, 0.25) is 0 Å². The molecule has 10 heteroatoms. The molecule has 5 rings (SSSR count). The molecule has 0 saturated heterocycles. The van der Waals surface area contributed by atoms with Gasteiger partial charge in [-0.15, -0.1) is 10.2 Å². The average molecular weight is 433 g/mol. The molecule has 2 aliphatic heterocycles. The quantitative estimate of drug-likeness (QED) is 0.672. The number of aryl methyl sites for hydroxylation is 1. The van der Waals surface area contributed by atoms with E-state index in [1.54, 1.807) is 30.2 Å². The van der Waals surface area contributed by atoms with Crippen LogP contribution in [0, 0.1) is 0 Å². The van der Waals surface area contributed by atoms with Crippen LogP contribution >= 0.6 is 0 Å². The topological polar surface area (TPSA) is 115 Å². The van der Waals surface area contributed by atoms with Crippen molar-refractivity contribution in [2.45, 2.75) is 39.3 Å². The number of hydrogen-bond donors (Lipinski definition) is 1. The Balaban J connectivity index is 1.33. The first-order valence-corrected chi connectivity index (χ1v) is 10.7. The molecular weight excluding hydrogens is 410 g/mol. The van der Waals surface area contributed by atoms with Crippen molar-refractivity contribution in [3.05, 3.63) is 53.1 Å². The van der Waals surface area contributed by atoms with Crippen molar-refractivity contribution in [2.75, 3.05) is 18.5 Å². The zero-order chi connectivity index (χ0) is 22.1. The largest absolute Gasteiger partial charge is 0.450 e. The lowest BCUT2D eigenvalue weighted by molar-refractivity contribution is 0.102. The van der Waals surface area contributed by atoms with E-state index in [0.29, 0.717) is 43.5 Å². The van der Waals surface area contributed by atoms with Gasteiger partial charge in [-0.1, -0.05) is 6.07 Å². The Bertz CT molecular complexity index is 1190. The highest BCUT2D eigenvalue weighted by atomic mass is 16.6. The molecule has 0 unspecified atom stereocenters. The normalized spacial score (nSPS) is 14.6. The van der Waals surface area contributed by atoms with Crippen LogP contribution in [0.3, 0.4) is 0 Å². The minimum atomic E-state index is -0.364. The SMILES string of the molecule is CCOC(=O)N1CCc2cnc(C(=O)Nc3cccc(-c4nnc5n4CCC5)n3)cc2C1. The van der Waals surface area contributed by atoms with Crippen LogP contribution < -0.4 is 5.32 Å². The average Bonchev–Trinajstić information content (AvgIpc) is 3.43. The van der Waals surface area contributed by atoms with Crippen molar-refractivity contribution in [1.82, 2.24) is 29.6 Å². The summed E-state index contributed by atoms with van der Waals surface area (Å²) >= 11 is 0. The monoisotopic (exact) mass is 433 g/mol. The summed E-state index contributed by atoms with van der Waals surface area (Å²) in [6, 6.07) is 7.13. The van der Waals surface area contributed by atoms with Crippen molar-refractivity contribution < 1.29 is 14.3 Å². The minimum Gasteiger partial charge on any atom is -0.450 e. The Hall–Kier alpha value is -3.82. The number of nitrogens with one attached hydrogen (secondary N) is 1. The van der Waals surface area contributed by atoms with E-state index in [-0.39, 0.29) is 17.7 Å². The Morgan fingerprint density at radius 1 is 1.16 bits per heavy atom. The third kappa shape index (κ3) is 3.79. The molecule has 1 N–H and O–H groups in total. The van der Waals surface area contributed by atoms with Crippen molar-refractivity contribution in [2.24, 2.45) is 0 Å². The molecule has 164 valence electrons. The van der Waals surface area contributed by atoms with Gasteiger partial charge in [-0.3, -0.25) is 9.78 Å². The van der Waals surface area contributed by atoms with E-state index in [1.807, 2.05) is 12.1 Å². The van der Waals surface area contributed by atoms with Crippen molar-refractivity contribution in [3.63, 3.8) is 0 Å². The van der Waals surface area contributed by atoms with Gasteiger partial charge < -0.3 is 19.5 Å². The first kappa shape index (κ1) is 20.1. The number of carbonyl (C=O) groups is 2. The predicted molar refractivity (Wildman–Crippen MR) is 115 cm³/mol. The maximum atomic E-state index is 12.9. The van der Waals surface area contributed by atoms with Crippen molar-refractivity contribution in [1.29, 1.82) is 0 Å². The molecule has 0 saturated carbocycles. The number of fused-ring (bicyclic) bond motifs is 2. The highest BCUT2D eigenvalue weighted by Gasteiger charge is 2.24. The smallest absolute Gasteiger partial charge is 0.410 e. The maximum Gasteiger partial charge on any atom is 0.410 e. The van der Waals surface area contributed by atoms with E-state index in [9.17, 15) is 9.59 Å². The number of anilines is 1. The summed E-state index contributed by atoms with van der Waals surface area (Å²) in [5.41, 5.74) is 2.85. The highest BCUT2D eigenvalue weighted by Crippen LogP contribution is 2.23. The summed E-state index contributed by atoms with van der Waals surface area (Å²) in [7, 11) is 0. The van der Waals surface area contributed by atoms with Gasteiger partial charge in [0.2, 0.25) is 0 Å². The summed E-state index contributed by atoms with van der Waals surface area (Å²) in [5, 5.41) is 11.3. The predicted octanol–water partition coefficient (Wildman–Crippen LogP) is 2.45. The molecule has 2 amide bonds. The minimum absolute atomic E-state index is 0.269. The van der Waals surface area contributed by atoms with Gasteiger partial charge in [-0.25, -0.2) is 9.78 Å². The van der Waals surface area contributed by atoms with Gasteiger partial charge in [0.1, 0.15) is 23.0 Å². The lowest BCUT2D eigenvalue weighted by Gasteiger charge is -2.27. The summed E-state index contributed by atoms with van der Waals surface area (Å²) in [6.07, 6.45) is 4.00. The molecule has 10 nitrogen and oxygen atoms in total. The number of carbonyl (C=O) groups excluding carboxylic acids is 2.